The Bertz CT molecular complexity index is 673. The van der Waals surface area contributed by atoms with Crippen molar-refractivity contribution in [3.8, 4) is 5.69 Å². The van der Waals surface area contributed by atoms with E-state index >= 15 is 0 Å². The number of Topliss-reactive ketones (excluding diaryl/α,β-unsaturated/α-hetero) is 1. The molecule has 1 aromatic heterocycles. The third-order valence-corrected chi connectivity index (χ3v) is 3.06. The van der Waals surface area contributed by atoms with Crippen LogP contribution < -0.4 is 5.56 Å². The van der Waals surface area contributed by atoms with E-state index in [9.17, 15) is 9.59 Å². The smallest absolute Gasteiger partial charge is 0.282 e. The molecule has 0 saturated heterocycles. The minimum Gasteiger partial charge on any atom is -0.295 e. The van der Waals surface area contributed by atoms with Gasteiger partial charge in [0.1, 0.15) is 5.56 Å². The van der Waals surface area contributed by atoms with Gasteiger partial charge in [-0.2, -0.15) is 0 Å². The predicted octanol–water partition coefficient (Wildman–Crippen LogP) is 3.09. The molecule has 0 unspecified atom stereocenters. The van der Waals surface area contributed by atoms with E-state index in [4.69, 9.17) is 0 Å². The summed E-state index contributed by atoms with van der Waals surface area (Å²) in [6.45, 7) is 7.73. The van der Waals surface area contributed by atoms with Gasteiger partial charge in [0.25, 0.3) is 5.56 Å². The van der Waals surface area contributed by atoms with Crippen molar-refractivity contribution in [1.82, 2.24) is 9.78 Å². The topological polar surface area (TPSA) is 54.9 Å². The number of nitrogens with zero attached hydrogens (tertiary/aromatic N) is 1. The predicted molar refractivity (Wildman–Crippen MR) is 79.5 cm³/mol. The summed E-state index contributed by atoms with van der Waals surface area (Å²) in [4.78, 5) is 24.7. The summed E-state index contributed by atoms with van der Waals surface area (Å²) in [5.41, 5.74) is 1.21. The molecule has 0 radical (unpaired) electrons. The second-order valence-corrected chi connectivity index (χ2v) is 6.25. The number of aryl methyl sites for hydroxylation is 1. The van der Waals surface area contributed by atoms with Gasteiger partial charge >= 0.3 is 0 Å². The first-order valence-electron chi connectivity index (χ1n) is 6.70. The van der Waals surface area contributed by atoms with Crippen molar-refractivity contribution < 1.29 is 4.79 Å². The van der Waals surface area contributed by atoms with Crippen molar-refractivity contribution in [1.29, 1.82) is 0 Å². The van der Waals surface area contributed by atoms with Gasteiger partial charge < -0.3 is 0 Å². The van der Waals surface area contributed by atoms with E-state index in [0.29, 0.717) is 12.1 Å². The van der Waals surface area contributed by atoms with Crippen LogP contribution in [0.1, 0.15) is 43.2 Å². The number of ketones is 1. The van der Waals surface area contributed by atoms with Gasteiger partial charge in [-0.1, -0.05) is 39.0 Å². The first-order chi connectivity index (χ1) is 9.29. The summed E-state index contributed by atoms with van der Waals surface area (Å²) in [5.74, 6) is -0.106. The maximum atomic E-state index is 12.4. The Morgan fingerprint density at radius 3 is 2.35 bits per heavy atom. The Labute approximate surface area is 118 Å². The standard InChI is InChI=1S/C16H20N2O2/c1-11-14(13(19)10-16(2,3)4)15(20)18(17-11)12-8-6-5-7-9-12/h5-9,17H,10H2,1-4H3. The zero-order chi connectivity index (χ0) is 14.9. The Kier molecular flexibility index (Phi) is 3.66. The summed E-state index contributed by atoms with van der Waals surface area (Å²) in [5, 5.41) is 2.98. The Morgan fingerprint density at radius 2 is 1.80 bits per heavy atom. The molecule has 0 saturated carbocycles. The molecule has 1 N–H and O–H groups in total. The van der Waals surface area contributed by atoms with Gasteiger partial charge in [-0.25, -0.2) is 4.68 Å². The molecule has 0 bridgehead atoms. The number of hydrogen-bond donors (Lipinski definition) is 1. The van der Waals surface area contributed by atoms with Crippen molar-refractivity contribution in [2.24, 2.45) is 5.41 Å². The SMILES string of the molecule is Cc1[nH]n(-c2ccccc2)c(=O)c1C(=O)CC(C)(C)C. The lowest BCUT2D eigenvalue weighted by Crippen LogP contribution is -2.23. The molecule has 0 aliphatic carbocycles. The van der Waals surface area contributed by atoms with Crippen LogP contribution in [0.15, 0.2) is 35.1 Å². The third kappa shape index (κ3) is 2.90. The van der Waals surface area contributed by atoms with E-state index in [1.54, 1.807) is 6.92 Å². The van der Waals surface area contributed by atoms with E-state index < -0.39 is 0 Å². The zero-order valence-corrected chi connectivity index (χ0v) is 12.4. The van der Waals surface area contributed by atoms with Crippen LogP contribution in [0.2, 0.25) is 0 Å². The molecule has 0 aliphatic heterocycles. The van der Waals surface area contributed by atoms with E-state index in [0.717, 1.165) is 5.69 Å². The Balaban J connectivity index is 2.45. The van der Waals surface area contributed by atoms with Crippen molar-refractivity contribution >= 4 is 5.78 Å². The van der Waals surface area contributed by atoms with Crippen LogP contribution >= 0.6 is 0 Å². The highest BCUT2D eigenvalue weighted by molar-refractivity contribution is 5.97. The molecule has 4 nitrogen and oxygen atoms in total. The number of aromatic nitrogens is 2. The van der Waals surface area contributed by atoms with Crippen LogP contribution in [0.3, 0.4) is 0 Å². The molecule has 106 valence electrons. The molecule has 4 heteroatoms. The average molecular weight is 272 g/mol. The van der Waals surface area contributed by atoms with Crippen molar-refractivity contribution in [2.75, 3.05) is 0 Å². The first-order valence-corrected chi connectivity index (χ1v) is 6.70. The average Bonchev–Trinajstić information content (AvgIpc) is 2.64. The van der Waals surface area contributed by atoms with E-state index in [1.807, 2.05) is 51.1 Å². The van der Waals surface area contributed by atoms with Gasteiger partial charge in [-0.05, 0) is 24.5 Å². The fraction of sp³-hybridized carbons (Fsp3) is 0.375. The lowest BCUT2D eigenvalue weighted by atomic mass is 9.88. The molecule has 0 aliphatic rings. The first kappa shape index (κ1) is 14.3. The van der Waals surface area contributed by atoms with Crippen LogP contribution in [0.4, 0.5) is 0 Å². The van der Waals surface area contributed by atoms with Gasteiger partial charge in [-0.3, -0.25) is 14.7 Å². The number of para-hydroxylation sites is 1. The van der Waals surface area contributed by atoms with Crippen LogP contribution in [0.5, 0.6) is 0 Å². The number of aromatic amines is 1. The molecule has 20 heavy (non-hydrogen) atoms. The number of H-pyrrole nitrogens is 1. The lowest BCUT2D eigenvalue weighted by Gasteiger charge is -2.15. The molecule has 1 aromatic carbocycles. The fourth-order valence-corrected chi connectivity index (χ4v) is 2.20. The third-order valence-electron chi connectivity index (χ3n) is 3.06. The van der Waals surface area contributed by atoms with E-state index in [1.165, 1.54) is 4.68 Å². The molecule has 0 atom stereocenters. The number of rotatable bonds is 3. The maximum Gasteiger partial charge on any atom is 0.282 e. The zero-order valence-electron chi connectivity index (χ0n) is 12.4. The quantitative estimate of drug-likeness (QED) is 0.873. The number of hydrogen-bond acceptors (Lipinski definition) is 2. The number of benzene rings is 1. The molecular formula is C16H20N2O2. The maximum absolute atomic E-state index is 12.4. The molecular weight excluding hydrogens is 252 g/mol. The molecule has 2 aromatic rings. The lowest BCUT2D eigenvalue weighted by molar-refractivity contribution is 0.0938. The van der Waals surface area contributed by atoms with Crippen molar-refractivity contribution in [2.45, 2.75) is 34.1 Å². The largest absolute Gasteiger partial charge is 0.295 e. The number of carbonyl (C=O) groups is 1. The summed E-state index contributed by atoms with van der Waals surface area (Å²) >= 11 is 0. The summed E-state index contributed by atoms with van der Waals surface area (Å²) < 4.78 is 1.42. The summed E-state index contributed by atoms with van der Waals surface area (Å²) in [7, 11) is 0. The minimum absolute atomic E-state index is 0.106. The molecule has 2 rings (SSSR count). The Hall–Kier alpha value is -2.10. The molecule has 0 spiro atoms. The molecule has 0 fully saturated rings. The fourth-order valence-electron chi connectivity index (χ4n) is 2.20. The minimum atomic E-state index is -0.275. The monoisotopic (exact) mass is 272 g/mol. The van der Waals surface area contributed by atoms with Gasteiger partial charge in [0.05, 0.1) is 5.69 Å². The second kappa shape index (κ2) is 5.12. The highest BCUT2D eigenvalue weighted by atomic mass is 16.2. The van der Waals surface area contributed by atoms with Crippen LogP contribution in [0, 0.1) is 12.3 Å². The summed E-state index contributed by atoms with van der Waals surface area (Å²) in [6, 6.07) is 9.25. The number of nitrogens with one attached hydrogen (secondary N) is 1. The Morgan fingerprint density at radius 1 is 1.20 bits per heavy atom. The molecule has 1 heterocycles. The van der Waals surface area contributed by atoms with Crippen molar-refractivity contribution in [3.63, 3.8) is 0 Å². The number of carbonyl (C=O) groups excluding carboxylic acids is 1. The van der Waals surface area contributed by atoms with Crippen LogP contribution in [0.25, 0.3) is 5.69 Å². The normalized spacial score (nSPS) is 11.6. The van der Waals surface area contributed by atoms with E-state index in [2.05, 4.69) is 5.10 Å². The molecule has 0 amide bonds. The van der Waals surface area contributed by atoms with Gasteiger partial charge in [0.2, 0.25) is 0 Å². The highest BCUT2D eigenvalue weighted by Gasteiger charge is 2.23. The van der Waals surface area contributed by atoms with Gasteiger partial charge in [0.15, 0.2) is 5.78 Å². The van der Waals surface area contributed by atoms with Crippen LogP contribution in [-0.4, -0.2) is 15.6 Å². The highest BCUT2D eigenvalue weighted by Crippen LogP contribution is 2.21. The van der Waals surface area contributed by atoms with E-state index in [-0.39, 0.29) is 22.3 Å². The summed E-state index contributed by atoms with van der Waals surface area (Å²) in [6.07, 6.45) is 0.357. The van der Waals surface area contributed by atoms with Gasteiger partial charge in [-0.15, -0.1) is 0 Å². The second-order valence-electron chi connectivity index (χ2n) is 6.25. The van der Waals surface area contributed by atoms with Gasteiger partial charge in [0, 0.05) is 12.1 Å². The van der Waals surface area contributed by atoms with Crippen LogP contribution in [-0.2, 0) is 0 Å². The van der Waals surface area contributed by atoms with Crippen molar-refractivity contribution in [3.05, 3.63) is 51.9 Å².